The first-order chi connectivity index (χ1) is 9.16. The summed E-state index contributed by atoms with van der Waals surface area (Å²) in [6.07, 6.45) is 0. The van der Waals surface area contributed by atoms with Crippen molar-refractivity contribution in [2.24, 2.45) is 0 Å². The normalized spacial score (nSPS) is 10.8. The van der Waals surface area contributed by atoms with Gasteiger partial charge in [-0.05, 0) is 18.2 Å². The SMILES string of the molecule is Nc1nnc(-c2cc(Br)ccc2F)c2ccccc12. The molecule has 0 aliphatic rings. The molecule has 2 aromatic carbocycles. The van der Waals surface area contributed by atoms with Gasteiger partial charge in [0.2, 0.25) is 0 Å². The predicted molar refractivity (Wildman–Crippen MR) is 77.0 cm³/mol. The zero-order valence-electron chi connectivity index (χ0n) is 9.77. The summed E-state index contributed by atoms with van der Waals surface area (Å²) in [5.41, 5.74) is 6.68. The van der Waals surface area contributed by atoms with E-state index in [2.05, 4.69) is 26.1 Å². The van der Waals surface area contributed by atoms with Crippen molar-refractivity contribution in [1.29, 1.82) is 0 Å². The smallest absolute Gasteiger partial charge is 0.154 e. The Bertz CT molecular complexity index is 774. The number of anilines is 1. The molecule has 1 aromatic heterocycles. The number of hydrogen-bond donors (Lipinski definition) is 1. The minimum absolute atomic E-state index is 0.340. The van der Waals surface area contributed by atoms with E-state index in [0.717, 1.165) is 15.2 Å². The molecular weight excluding hydrogens is 309 g/mol. The summed E-state index contributed by atoms with van der Waals surface area (Å²) >= 11 is 3.33. The molecule has 19 heavy (non-hydrogen) atoms. The number of rotatable bonds is 1. The first-order valence-electron chi connectivity index (χ1n) is 5.63. The maximum absolute atomic E-state index is 14.0. The molecule has 0 aliphatic carbocycles. The Morgan fingerprint density at radius 1 is 1.00 bits per heavy atom. The van der Waals surface area contributed by atoms with Crippen LogP contribution in [-0.2, 0) is 0 Å². The fourth-order valence-corrected chi connectivity index (χ4v) is 2.36. The monoisotopic (exact) mass is 317 g/mol. The van der Waals surface area contributed by atoms with Crippen LogP contribution in [0.25, 0.3) is 22.0 Å². The van der Waals surface area contributed by atoms with E-state index in [1.807, 2.05) is 24.3 Å². The third-order valence-electron chi connectivity index (χ3n) is 2.90. The highest BCUT2D eigenvalue weighted by Crippen LogP contribution is 2.31. The van der Waals surface area contributed by atoms with Crippen LogP contribution in [0.4, 0.5) is 10.2 Å². The predicted octanol–water partition coefficient (Wildman–Crippen LogP) is 3.78. The molecular formula is C14H9BrFN3. The Kier molecular flexibility index (Phi) is 2.91. The van der Waals surface area contributed by atoms with Gasteiger partial charge in [-0.1, -0.05) is 40.2 Å². The zero-order chi connectivity index (χ0) is 13.4. The van der Waals surface area contributed by atoms with E-state index in [9.17, 15) is 4.39 Å². The van der Waals surface area contributed by atoms with Gasteiger partial charge in [0.1, 0.15) is 11.5 Å². The van der Waals surface area contributed by atoms with E-state index >= 15 is 0 Å². The van der Waals surface area contributed by atoms with Crippen LogP contribution < -0.4 is 5.73 Å². The summed E-state index contributed by atoms with van der Waals surface area (Å²) < 4.78 is 14.7. The van der Waals surface area contributed by atoms with Crippen molar-refractivity contribution in [3.63, 3.8) is 0 Å². The van der Waals surface area contributed by atoms with Gasteiger partial charge in [-0.3, -0.25) is 0 Å². The topological polar surface area (TPSA) is 51.8 Å². The van der Waals surface area contributed by atoms with Crippen molar-refractivity contribution in [3.8, 4) is 11.3 Å². The van der Waals surface area contributed by atoms with Gasteiger partial charge in [-0.2, -0.15) is 0 Å². The summed E-state index contributed by atoms with van der Waals surface area (Å²) in [6.45, 7) is 0. The molecule has 0 aliphatic heterocycles. The lowest BCUT2D eigenvalue weighted by atomic mass is 10.0. The lowest BCUT2D eigenvalue weighted by molar-refractivity contribution is 0.630. The lowest BCUT2D eigenvalue weighted by Crippen LogP contribution is -1.98. The van der Waals surface area contributed by atoms with Gasteiger partial charge in [0.15, 0.2) is 5.82 Å². The second kappa shape index (κ2) is 4.59. The molecule has 5 heteroatoms. The van der Waals surface area contributed by atoms with E-state index < -0.39 is 0 Å². The molecule has 0 saturated carbocycles. The first-order valence-corrected chi connectivity index (χ1v) is 6.42. The Balaban J connectivity index is 2.37. The summed E-state index contributed by atoms with van der Waals surface area (Å²) in [5, 5.41) is 9.50. The summed E-state index contributed by atoms with van der Waals surface area (Å²) in [5.74, 6) is 0.00202. The minimum Gasteiger partial charge on any atom is -0.382 e. The average molecular weight is 318 g/mol. The molecule has 0 atom stereocenters. The maximum Gasteiger partial charge on any atom is 0.154 e. The van der Waals surface area contributed by atoms with Crippen molar-refractivity contribution in [2.75, 3.05) is 5.73 Å². The van der Waals surface area contributed by atoms with Crippen molar-refractivity contribution < 1.29 is 4.39 Å². The number of halogens is 2. The molecule has 0 fully saturated rings. The molecule has 0 radical (unpaired) electrons. The maximum atomic E-state index is 14.0. The second-order valence-electron chi connectivity index (χ2n) is 4.10. The highest BCUT2D eigenvalue weighted by atomic mass is 79.9. The van der Waals surface area contributed by atoms with E-state index in [-0.39, 0.29) is 5.82 Å². The third-order valence-corrected chi connectivity index (χ3v) is 3.39. The molecule has 0 saturated heterocycles. The van der Waals surface area contributed by atoms with Crippen LogP contribution >= 0.6 is 15.9 Å². The van der Waals surface area contributed by atoms with E-state index in [0.29, 0.717) is 17.1 Å². The highest BCUT2D eigenvalue weighted by molar-refractivity contribution is 9.10. The molecule has 3 aromatic rings. The van der Waals surface area contributed by atoms with Gasteiger partial charge in [0, 0.05) is 20.8 Å². The first kappa shape index (κ1) is 12.0. The number of fused-ring (bicyclic) bond motifs is 1. The van der Waals surface area contributed by atoms with Crippen molar-refractivity contribution in [2.45, 2.75) is 0 Å². The summed E-state index contributed by atoms with van der Waals surface area (Å²) in [7, 11) is 0. The van der Waals surface area contributed by atoms with Crippen molar-refractivity contribution >= 4 is 32.5 Å². The van der Waals surface area contributed by atoms with E-state index in [4.69, 9.17) is 5.73 Å². The zero-order valence-corrected chi connectivity index (χ0v) is 11.4. The Morgan fingerprint density at radius 2 is 1.74 bits per heavy atom. The van der Waals surface area contributed by atoms with Crippen LogP contribution in [0.5, 0.6) is 0 Å². The van der Waals surface area contributed by atoms with Gasteiger partial charge < -0.3 is 5.73 Å². The van der Waals surface area contributed by atoms with Crippen molar-refractivity contribution in [1.82, 2.24) is 10.2 Å². The summed E-state index contributed by atoms with van der Waals surface area (Å²) in [6, 6.07) is 12.2. The summed E-state index contributed by atoms with van der Waals surface area (Å²) in [4.78, 5) is 0. The molecule has 0 unspecified atom stereocenters. The van der Waals surface area contributed by atoms with Gasteiger partial charge >= 0.3 is 0 Å². The third kappa shape index (κ3) is 2.06. The number of nitrogen functional groups attached to an aromatic ring is 1. The average Bonchev–Trinajstić information content (AvgIpc) is 2.43. The minimum atomic E-state index is -0.340. The fourth-order valence-electron chi connectivity index (χ4n) is 2.00. The van der Waals surface area contributed by atoms with Crippen molar-refractivity contribution in [3.05, 3.63) is 52.8 Å². The fraction of sp³-hybridized carbons (Fsp3) is 0. The van der Waals surface area contributed by atoms with Crippen LogP contribution in [0.1, 0.15) is 0 Å². The van der Waals surface area contributed by atoms with Gasteiger partial charge in [-0.15, -0.1) is 10.2 Å². The standard InChI is InChI=1S/C14H9BrFN3/c15-8-5-6-12(16)11(7-8)13-9-3-1-2-4-10(9)14(17)19-18-13/h1-7H,(H2,17,19). The molecule has 0 amide bonds. The van der Waals surface area contributed by atoms with Gasteiger partial charge in [0.25, 0.3) is 0 Å². The number of hydrogen-bond acceptors (Lipinski definition) is 3. The Hall–Kier alpha value is -2.01. The van der Waals surface area contributed by atoms with Gasteiger partial charge in [-0.25, -0.2) is 4.39 Å². The Morgan fingerprint density at radius 3 is 2.53 bits per heavy atom. The highest BCUT2D eigenvalue weighted by Gasteiger charge is 2.13. The van der Waals surface area contributed by atoms with E-state index in [1.54, 1.807) is 12.1 Å². The Labute approximate surface area is 117 Å². The molecule has 0 bridgehead atoms. The quantitative estimate of drug-likeness (QED) is 0.743. The molecule has 2 N–H and O–H groups in total. The number of nitrogens with two attached hydrogens (primary N) is 1. The lowest BCUT2D eigenvalue weighted by Gasteiger charge is -2.08. The van der Waals surface area contributed by atoms with E-state index in [1.165, 1.54) is 6.07 Å². The number of nitrogens with zero attached hydrogens (tertiary/aromatic N) is 2. The van der Waals surface area contributed by atoms with Crippen LogP contribution in [0, 0.1) is 5.82 Å². The van der Waals surface area contributed by atoms with Crippen LogP contribution in [-0.4, -0.2) is 10.2 Å². The molecule has 3 nitrogen and oxygen atoms in total. The van der Waals surface area contributed by atoms with Crippen LogP contribution in [0.3, 0.4) is 0 Å². The van der Waals surface area contributed by atoms with Crippen LogP contribution in [0.2, 0.25) is 0 Å². The number of aromatic nitrogens is 2. The molecule has 94 valence electrons. The number of benzene rings is 2. The molecule has 1 heterocycles. The largest absolute Gasteiger partial charge is 0.382 e. The molecule has 0 spiro atoms. The van der Waals surface area contributed by atoms with Crippen LogP contribution in [0.15, 0.2) is 46.9 Å². The molecule has 3 rings (SSSR count). The second-order valence-corrected chi connectivity index (χ2v) is 5.02. The van der Waals surface area contributed by atoms with Gasteiger partial charge in [0.05, 0.1) is 0 Å².